The molecule has 6 nitrogen and oxygen atoms in total. The van der Waals surface area contributed by atoms with Crippen molar-refractivity contribution in [2.45, 2.75) is 45.8 Å². The second kappa shape index (κ2) is 7.51. The molecule has 1 saturated carbocycles. The van der Waals surface area contributed by atoms with Crippen molar-refractivity contribution in [1.82, 2.24) is 0 Å². The summed E-state index contributed by atoms with van der Waals surface area (Å²) in [6.45, 7) is 7.86. The van der Waals surface area contributed by atoms with E-state index in [4.69, 9.17) is 10.5 Å². The van der Waals surface area contributed by atoms with E-state index in [1.54, 1.807) is 24.3 Å². The van der Waals surface area contributed by atoms with Gasteiger partial charge in [-0.2, -0.15) is 0 Å². The van der Waals surface area contributed by atoms with Gasteiger partial charge in [0.05, 0.1) is 6.10 Å². The van der Waals surface area contributed by atoms with Gasteiger partial charge in [-0.25, -0.2) is 0 Å². The molecule has 0 radical (unpaired) electrons. The minimum Gasteiger partial charge on any atom is -0.378 e. The van der Waals surface area contributed by atoms with Gasteiger partial charge in [0.2, 0.25) is 11.8 Å². The molecular formula is C17H26ClN3O3. The highest BCUT2D eigenvalue weighted by atomic mass is 35.5. The van der Waals surface area contributed by atoms with Gasteiger partial charge in [-0.1, -0.05) is 19.9 Å². The molecule has 2 amide bonds. The number of ether oxygens (including phenoxy) is 1. The molecule has 0 heterocycles. The largest absolute Gasteiger partial charge is 0.378 e. The molecule has 2 unspecified atom stereocenters. The van der Waals surface area contributed by atoms with Crippen LogP contribution in [0.1, 0.15) is 34.1 Å². The van der Waals surface area contributed by atoms with Gasteiger partial charge in [-0.15, -0.1) is 12.4 Å². The van der Waals surface area contributed by atoms with E-state index in [0.717, 1.165) is 0 Å². The summed E-state index contributed by atoms with van der Waals surface area (Å²) in [5, 5.41) is 5.53. The van der Waals surface area contributed by atoms with E-state index in [0.29, 0.717) is 24.4 Å². The van der Waals surface area contributed by atoms with Crippen molar-refractivity contribution >= 4 is 35.6 Å². The first-order valence-corrected chi connectivity index (χ1v) is 7.80. The number of nitrogens with one attached hydrogen (secondary N) is 2. The zero-order valence-corrected chi connectivity index (χ0v) is 15.3. The van der Waals surface area contributed by atoms with Crippen molar-refractivity contribution in [3.63, 3.8) is 0 Å². The zero-order chi connectivity index (χ0) is 17.3. The number of benzene rings is 1. The Kier molecular flexibility index (Phi) is 6.38. The number of anilines is 2. The summed E-state index contributed by atoms with van der Waals surface area (Å²) in [7, 11) is 0. The summed E-state index contributed by atoms with van der Waals surface area (Å²) in [6.07, 6.45) is 0.472. The van der Waals surface area contributed by atoms with Gasteiger partial charge in [0, 0.05) is 36.7 Å². The van der Waals surface area contributed by atoms with E-state index >= 15 is 0 Å². The van der Waals surface area contributed by atoms with Crippen molar-refractivity contribution in [1.29, 1.82) is 0 Å². The fourth-order valence-corrected chi connectivity index (χ4v) is 2.94. The van der Waals surface area contributed by atoms with E-state index in [1.807, 2.05) is 20.8 Å². The fourth-order valence-electron chi connectivity index (χ4n) is 2.94. The SMILES string of the molecule is CCOC1CC(N)(C(=O)Nc2cccc(NC(C)=O)c2)C1(C)C.Cl. The second-order valence-electron chi connectivity index (χ2n) is 6.56. The minimum atomic E-state index is -0.975. The van der Waals surface area contributed by atoms with Crippen LogP contribution >= 0.6 is 12.4 Å². The maximum absolute atomic E-state index is 12.6. The van der Waals surface area contributed by atoms with Gasteiger partial charge in [0.25, 0.3) is 0 Å². The molecule has 24 heavy (non-hydrogen) atoms. The molecule has 1 aromatic carbocycles. The van der Waals surface area contributed by atoms with Crippen LogP contribution in [0.3, 0.4) is 0 Å². The van der Waals surface area contributed by atoms with E-state index in [1.165, 1.54) is 6.92 Å². The Morgan fingerprint density at radius 1 is 1.29 bits per heavy atom. The number of nitrogens with two attached hydrogens (primary N) is 1. The predicted octanol–water partition coefficient (Wildman–Crippen LogP) is 2.54. The number of hydrogen-bond donors (Lipinski definition) is 3. The van der Waals surface area contributed by atoms with Gasteiger partial charge < -0.3 is 21.1 Å². The van der Waals surface area contributed by atoms with E-state index < -0.39 is 11.0 Å². The van der Waals surface area contributed by atoms with Crippen LogP contribution in [-0.2, 0) is 14.3 Å². The Hall–Kier alpha value is -1.63. The van der Waals surface area contributed by atoms with Crippen LogP contribution in [-0.4, -0.2) is 30.1 Å². The number of carbonyl (C=O) groups excluding carboxylic acids is 2. The van der Waals surface area contributed by atoms with E-state index in [9.17, 15) is 9.59 Å². The average molecular weight is 356 g/mol. The highest BCUT2D eigenvalue weighted by Crippen LogP contribution is 2.50. The van der Waals surface area contributed by atoms with Crippen LogP contribution in [0.5, 0.6) is 0 Å². The second-order valence-corrected chi connectivity index (χ2v) is 6.56. The number of hydrogen-bond acceptors (Lipinski definition) is 4. The molecule has 1 aromatic rings. The first-order valence-electron chi connectivity index (χ1n) is 7.80. The quantitative estimate of drug-likeness (QED) is 0.756. The summed E-state index contributed by atoms with van der Waals surface area (Å²) >= 11 is 0. The molecule has 2 rings (SSSR count). The average Bonchev–Trinajstić information content (AvgIpc) is 2.46. The van der Waals surface area contributed by atoms with Gasteiger partial charge in [-0.3, -0.25) is 9.59 Å². The lowest BCUT2D eigenvalue weighted by Crippen LogP contribution is -2.74. The molecule has 1 aliphatic carbocycles. The standard InChI is InChI=1S/C17H25N3O3.ClH/c1-5-23-14-10-17(18,16(14,3)4)15(22)20-13-8-6-7-12(9-13)19-11(2)21;/h6-9,14H,5,10,18H2,1-4H3,(H,19,21)(H,20,22);1H. The molecule has 7 heteroatoms. The van der Waals surface area contributed by atoms with Gasteiger partial charge >= 0.3 is 0 Å². The van der Waals surface area contributed by atoms with Crippen LogP contribution in [0.2, 0.25) is 0 Å². The first-order chi connectivity index (χ1) is 10.7. The number of halogens is 1. The molecule has 0 saturated heterocycles. The minimum absolute atomic E-state index is 0. The number of carbonyl (C=O) groups is 2. The lowest BCUT2D eigenvalue weighted by Gasteiger charge is -2.57. The smallest absolute Gasteiger partial charge is 0.245 e. The normalized spacial score (nSPS) is 24.3. The molecule has 4 N–H and O–H groups in total. The molecular weight excluding hydrogens is 330 g/mol. The highest BCUT2D eigenvalue weighted by molar-refractivity contribution is 6.00. The van der Waals surface area contributed by atoms with Crippen LogP contribution < -0.4 is 16.4 Å². The topological polar surface area (TPSA) is 93.4 Å². The molecule has 0 bridgehead atoms. The van der Waals surface area contributed by atoms with E-state index in [-0.39, 0.29) is 30.3 Å². The Morgan fingerprint density at radius 3 is 2.38 bits per heavy atom. The van der Waals surface area contributed by atoms with Gasteiger partial charge in [-0.05, 0) is 25.1 Å². The lowest BCUT2D eigenvalue weighted by molar-refractivity contribution is -0.166. The Labute approximate surface area is 148 Å². The van der Waals surface area contributed by atoms with Crippen molar-refractivity contribution in [2.24, 2.45) is 11.1 Å². The Balaban J connectivity index is 0.00000288. The van der Waals surface area contributed by atoms with Crippen molar-refractivity contribution in [3.8, 4) is 0 Å². The Morgan fingerprint density at radius 2 is 1.88 bits per heavy atom. The van der Waals surface area contributed by atoms with Crippen LogP contribution in [0, 0.1) is 5.41 Å². The molecule has 134 valence electrons. The number of rotatable bonds is 5. The first kappa shape index (κ1) is 20.4. The maximum atomic E-state index is 12.6. The molecule has 0 aromatic heterocycles. The molecule has 1 aliphatic rings. The van der Waals surface area contributed by atoms with Crippen LogP contribution in [0.4, 0.5) is 11.4 Å². The summed E-state index contributed by atoms with van der Waals surface area (Å²) in [6, 6.07) is 6.99. The van der Waals surface area contributed by atoms with Gasteiger partial charge in [0.1, 0.15) is 5.54 Å². The third kappa shape index (κ3) is 3.71. The van der Waals surface area contributed by atoms with Crippen molar-refractivity contribution in [3.05, 3.63) is 24.3 Å². The maximum Gasteiger partial charge on any atom is 0.245 e. The molecule has 2 atom stereocenters. The lowest BCUT2D eigenvalue weighted by atomic mass is 9.54. The van der Waals surface area contributed by atoms with Crippen LogP contribution in [0.15, 0.2) is 24.3 Å². The molecule has 0 spiro atoms. The van der Waals surface area contributed by atoms with Crippen LogP contribution in [0.25, 0.3) is 0 Å². The van der Waals surface area contributed by atoms with E-state index in [2.05, 4.69) is 10.6 Å². The summed E-state index contributed by atoms with van der Waals surface area (Å²) in [5.74, 6) is -0.401. The van der Waals surface area contributed by atoms with Crippen molar-refractivity contribution in [2.75, 3.05) is 17.2 Å². The summed E-state index contributed by atoms with van der Waals surface area (Å²) < 4.78 is 5.64. The molecule has 1 fully saturated rings. The summed E-state index contributed by atoms with van der Waals surface area (Å²) in [5.41, 5.74) is 6.16. The zero-order valence-electron chi connectivity index (χ0n) is 14.5. The number of amides is 2. The Bertz CT molecular complexity index is 621. The fraction of sp³-hybridized carbons (Fsp3) is 0.529. The third-order valence-corrected chi connectivity index (χ3v) is 4.68. The van der Waals surface area contributed by atoms with Gasteiger partial charge in [0.15, 0.2) is 0 Å². The molecule has 0 aliphatic heterocycles. The summed E-state index contributed by atoms with van der Waals surface area (Å²) in [4.78, 5) is 23.7. The monoisotopic (exact) mass is 355 g/mol. The third-order valence-electron chi connectivity index (χ3n) is 4.68. The van der Waals surface area contributed by atoms with Crippen molar-refractivity contribution < 1.29 is 14.3 Å². The predicted molar refractivity (Wildman–Crippen MR) is 97.4 cm³/mol. The highest BCUT2D eigenvalue weighted by Gasteiger charge is 2.62.